The van der Waals surface area contributed by atoms with Crippen LogP contribution in [-0.4, -0.2) is 32.5 Å². The van der Waals surface area contributed by atoms with Crippen LogP contribution in [-0.2, 0) is 24.8 Å². The fraction of sp³-hybridized carbons (Fsp3) is 0.250. The molecule has 0 bridgehead atoms. The largest absolute Gasteiger partial charge is 0.461 e. The number of hydrogen-bond donors (Lipinski definition) is 1. The van der Waals surface area contributed by atoms with E-state index in [1.54, 1.807) is 19.1 Å². The molecule has 0 heterocycles. The number of benzene rings is 1. The average Bonchev–Trinajstić information content (AvgIpc) is 2.39. The summed E-state index contributed by atoms with van der Waals surface area (Å²) in [7, 11) is -3.31. The summed E-state index contributed by atoms with van der Waals surface area (Å²) in [6, 6.07) is 6.32. The van der Waals surface area contributed by atoms with Gasteiger partial charge in [-0.1, -0.05) is 35.0 Å². The van der Waals surface area contributed by atoms with Gasteiger partial charge in [-0.2, -0.15) is 8.42 Å². The minimum absolute atomic E-state index is 0.0164. The van der Waals surface area contributed by atoms with Gasteiger partial charge in [0.2, 0.25) is 11.5 Å². The van der Waals surface area contributed by atoms with E-state index in [9.17, 15) is 18.0 Å². The lowest BCUT2D eigenvalue weighted by atomic mass is 10.1. The highest BCUT2D eigenvalue weighted by molar-refractivity contribution is 7.67. The number of rotatable bonds is 6. The lowest BCUT2D eigenvalue weighted by molar-refractivity contribution is -0.135. The molecule has 1 aromatic carbocycles. The Morgan fingerprint density at radius 2 is 1.80 bits per heavy atom. The first-order valence-corrected chi connectivity index (χ1v) is 6.73. The molecule has 0 amide bonds. The number of carbonyl (C=O) groups excluding carboxylic acids is 2. The molecule has 0 fully saturated rings. The van der Waals surface area contributed by atoms with Gasteiger partial charge in [-0.05, 0) is 13.8 Å². The summed E-state index contributed by atoms with van der Waals surface area (Å²) in [6.45, 7) is 3.39. The van der Waals surface area contributed by atoms with Crippen molar-refractivity contribution in [1.82, 2.24) is 0 Å². The summed E-state index contributed by atoms with van der Waals surface area (Å²) in [5.41, 5.74) is 0.372. The van der Waals surface area contributed by atoms with Crippen LogP contribution in [0.15, 0.2) is 29.4 Å². The van der Waals surface area contributed by atoms with Gasteiger partial charge < -0.3 is 4.74 Å². The van der Waals surface area contributed by atoms with E-state index in [2.05, 4.69) is 14.2 Å². The summed E-state index contributed by atoms with van der Waals surface area (Å²) in [5.74, 6) is -1.82. The van der Waals surface area contributed by atoms with Crippen LogP contribution in [0, 0.1) is 6.92 Å². The molecule has 1 aromatic rings. The van der Waals surface area contributed by atoms with Crippen LogP contribution in [0.2, 0.25) is 0 Å². The number of aryl methyl sites for hydroxylation is 1. The fourth-order valence-corrected chi connectivity index (χ4v) is 1.44. The molecule has 0 aliphatic rings. The first-order valence-electron chi connectivity index (χ1n) is 5.63. The zero-order chi connectivity index (χ0) is 15.1. The number of ketones is 1. The number of ether oxygens (including phenoxy) is 1. The summed E-state index contributed by atoms with van der Waals surface area (Å²) in [5, 5.41) is 3.04. The number of oxime groups is 1. The molecule has 0 saturated carbocycles. The normalized spacial score (nSPS) is 11.2. The quantitative estimate of drug-likeness (QED) is 0.207. The van der Waals surface area contributed by atoms with Crippen molar-refractivity contribution in [2.24, 2.45) is 5.16 Å². The number of thiol groups is 1. The standard InChI is InChI=1S/C12H13NO6S/c1-3-18-12(15)10(13-19-20(16)17)11(14)9-6-4-8(2)5-7-9/h4-7,20H,3H2,1-2H3/b13-10-. The van der Waals surface area contributed by atoms with Crippen molar-refractivity contribution in [3.8, 4) is 0 Å². The van der Waals surface area contributed by atoms with Crippen molar-refractivity contribution >= 4 is 28.4 Å². The fourth-order valence-electron chi connectivity index (χ4n) is 1.29. The second-order valence-corrected chi connectivity index (χ2v) is 4.27. The Hall–Kier alpha value is -2.22. The van der Waals surface area contributed by atoms with Crippen molar-refractivity contribution in [3.05, 3.63) is 35.4 Å². The highest BCUT2D eigenvalue weighted by Crippen LogP contribution is 2.06. The molecule has 0 aliphatic heterocycles. The maximum atomic E-state index is 12.1. The monoisotopic (exact) mass is 299 g/mol. The second kappa shape index (κ2) is 7.39. The highest BCUT2D eigenvalue weighted by Gasteiger charge is 2.24. The molecule has 8 heteroatoms. The van der Waals surface area contributed by atoms with E-state index >= 15 is 0 Å². The summed E-state index contributed by atoms with van der Waals surface area (Å²) in [6.07, 6.45) is 0. The van der Waals surface area contributed by atoms with Crippen LogP contribution < -0.4 is 0 Å². The molecular formula is C12H13NO6S. The molecule has 7 nitrogen and oxygen atoms in total. The van der Waals surface area contributed by atoms with Gasteiger partial charge in [-0.15, -0.1) is 0 Å². The molecule has 1 rings (SSSR count). The molecule has 0 atom stereocenters. The van der Waals surface area contributed by atoms with Crippen molar-refractivity contribution in [2.45, 2.75) is 13.8 Å². The van der Waals surface area contributed by atoms with E-state index in [1.807, 2.05) is 6.92 Å². The lowest BCUT2D eigenvalue weighted by Crippen LogP contribution is -2.27. The predicted molar refractivity (Wildman–Crippen MR) is 71.0 cm³/mol. The molecule has 0 saturated heterocycles. The van der Waals surface area contributed by atoms with Crippen molar-refractivity contribution in [1.29, 1.82) is 0 Å². The number of hydrogen-bond acceptors (Lipinski definition) is 7. The van der Waals surface area contributed by atoms with Crippen LogP contribution in [0.4, 0.5) is 0 Å². The van der Waals surface area contributed by atoms with Crippen LogP contribution in [0.3, 0.4) is 0 Å². The molecule has 108 valence electrons. The van der Waals surface area contributed by atoms with Crippen LogP contribution in [0.25, 0.3) is 0 Å². The van der Waals surface area contributed by atoms with Gasteiger partial charge in [-0.25, -0.2) is 4.79 Å². The zero-order valence-electron chi connectivity index (χ0n) is 10.9. The average molecular weight is 299 g/mol. The number of Topliss-reactive ketones (excluding diaryl/α,β-unsaturated/α-hetero) is 1. The first-order chi connectivity index (χ1) is 9.45. The van der Waals surface area contributed by atoms with Gasteiger partial charge in [-0.3, -0.25) is 9.08 Å². The number of esters is 1. The smallest absolute Gasteiger partial charge is 0.364 e. The minimum atomic E-state index is -3.31. The van der Waals surface area contributed by atoms with E-state index in [1.165, 1.54) is 12.1 Å². The van der Waals surface area contributed by atoms with Crippen molar-refractivity contribution in [3.63, 3.8) is 0 Å². The Kier molecular flexibility index (Phi) is 5.85. The van der Waals surface area contributed by atoms with Gasteiger partial charge in [0, 0.05) is 5.56 Å². The maximum Gasteiger partial charge on any atom is 0.364 e. The maximum absolute atomic E-state index is 12.1. The van der Waals surface area contributed by atoms with Crippen LogP contribution >= 0.6 is 0 Å². The predicted octanol–water partition coefficient (Wildman–Crippen LogP) is 0.640. The summed E-state index contributed by atoms with van der Waals surface area (Å²) < 4.78 is 29.3. The first kappa shape index (κ1) is 15.8. The third-order valence-corrected chi connectivity index (χ3v) is 2.41. The van der Waals surface area contributed by atoms with Crippen LogP contribution in [0.1, 0.15) is 22.8 Å². The molecule has 0 N–H and O–H groups in total. The zero-order valence-corrected chi connectivity index (χ0v) is 11.8. The topological polar surface area (TPSA) is 99.1 Å². The van der Waals surface area contributed by atoms with Gasteiger partial charge in [0.1, 0.15) is 0 Å². The van der Waals surface area contributed by atoms with E-state index in [-0.39, 0.29) is 12.2 Å². The molecule has 0 aliphatic carbocycles. The third kappa shape index (κ3) is 4.47. The SMILES string of the molecule is CCOC(=O)/C(=N\O[SH](=O)=O)C(=O)c1ccc(C)cc1. The Labute approximate surface area is 117 Å². The second-order valence-electron chi connectivity index (χ2n) is 3.66. The van der Waals surface area contributed by atoms with Crippen molar-refractivity contribution < 1.29 is 27.0 Å². The number of nitrogens with zero attached hydrogens (tertiary/aromatic N) is 1. The van der Waals surface area contributed by atoms with E-state index in [4.69, 9.17) is 0 Å². The molecule has 0 spiro atoms. The van der Waals surface area contributed by atoms with Gasteiger partial charge in [0.25, 0.3) is 0 Å². The van der Waals surface area contributed by atoms with Gasteiger partial charge in [0.15, 0.2) is 0 Å². The van der Waals surface area contributed by atoms with Crippen LogP contribution in [0.5, 0.6) is 0 Å². The molecule has 0 aromatic heterocycles. The third-order valence-electron chi connectivity index (χ3n) is 2.20. The van der Waals surface area contributed by atoms with E-state index < -0.39 is 28.4 Å². The Morgan fingerprint density at radius 1 is 1.20 bits per heavy atom. The number of carbonyl (C=O) groups is 2. The molecule has 0 unspecified atom stereocenters. The Morgan fingerprint density at radius 3 is 2.30 bits per heavy atom. The Balaban J connectivity index is 3.09. The summed E-state index contributed by atoms with van der Waals surface area (Å²) in [4.78, 5) is 23.7. The van der Waals surface area contributed by atoms with Crippen molar-refractivity contribution in [2.75, 3.05) is 6.61 Å². The van der Waals surface area contributed by atoms with E-state index in [0.29, 0.717) is 0 Å². The minimum Gasteiger partial charge on any atom is -0.461 e. The lowest BCUT2D eigenvalue weighted by Gasteiger charge is -2.04. The van der Waals surface area contributed by atoms with Gasteiger partial charge >= 0.3 is 17.0 Å². The highest BCUT2D eigenvalue weighted by atomic mass is 32.2. The molecular weight excluding hydrogens is 286 g/mol. The molecule has 0 radical (unpaired) electrons. The summed E-state index contributed by atoms with van der Waals surface area (Å²) >= 11 is 0. The van der Waals surface area contributed by atoms with Gasteiger partial charge in [0.05, 0.1) is 6.61 Å². The van der Waals surface area contributed by atoms with E-state index in [0.717, 1.165) is 5.56 Å². The Bertz CT molecular complexity index is 595. The molecule has 20 heavy (non-hydrogen) atoms.